The average Bonchev–Trinajstić information content (AvgIpc) is 3.07. The van der Waals surface area contributed by atoms with Crippen molar-refractivity contribution in [2.75, 3.05) is 58.2 Å². The van der Waals surface area contributed by atoms with E-state index in [2.05, 4.69) is 52.0 Å². The molecule has 12 nitrogen and oxygen atoms in total. The molecule has 0 aliphatic carbocycles. The van der Waals surface area contributed by atoms with Gasteiger partial charge in [-0.05, 0) is 55.6 Å². The third-order valence-corrected chi connectivity index (χ3v) is 14.1. The van der Waals surface area contributed by atoms with Crippen molar-refractivity contribution in [1.82, 2.24) is 0 Å². The summed E-state index contributed by atoms with van der Waals surface area (Å²) in [5.74, 6) is 2.40. The highest BCUT2D eigenvalue weighted by Gasteiger charge is 2.43. The summed E-state index contributed by atoms with van der Waals surface area (Å²) >= 11 is 0. The van der Waals surface area contributed by atoms with Crippen molar-refractivity contribution in [3.63, 3.8) is 0 Å². The molecule has 1 amide bonds. The summed E-state index contributed by atoms with van der Waals surface area (Å²) in [7, 11) is -2.14. The van der Waals surface area contributed by atoms with E-state index in [0.717, 1.165) is 5.56 Å². The van der Waals surface area contributed by atoms with Crippen LogP contribution in [0.2, 0.25) is 18.1 Å². The van der Waals surface area contributed by atoms with Gasteiger partial charge in [-0.15, -0.1) is 6.42 Å². The van der Waals surface area contributed by atoms with E-state index in [1.54, 1.807) is 12.1 Å². The van der Waals surface area contributed by atoms with Crippen LogP contribution in [0, 0.1) is 24.2 Å². The number of carbonyl (C=O) groups excluding carboxylic acids is 3. The Morgan fingerprint density at radius 3 is 2.10 bits per heavy atom. The maximum absolute atomic E-state index is 12.9. The number of nitrogens with one attached hydrogen (secondary N) is 1. The first kappa shape index (κ1) is 45.3. The first-order chi connectivity index (χ1) is 24.6. The molecule has 2 rings (SSSR count). The van der Waals surface area contributed by atoms with Crippen molar-refractivity contribution in [2.24, 2.45) is 11.8 Å². The Morgan fingerprint density at radius 1 is 0.885 bits per heavy atom. The molecule has 1 saturated heterocycles. The Morgan fingerprint density at radius 2 is 1.50 bits per heavy atom. The molecule has 0 saturated carbocycles. The van der Waals surface area contributed by atoms with Gasteiger partial charge >= 0.3 is 5.97 Å². The molecule has 5 atom stereocenters. The van der Waals surface area contributed by atoms with Gasteiger partial charge in [-0.2, -0.15) is 0 Å². The molecule has 1 fully saturated rings. The molecule has 1 heterocycles. The number of amides is 1. The summed E-state index contributed by atoms with van der Waals surface area (Å²) in [5, 5.41) is 2.90. The number of hydrogen-bond donors (Lipinski definition) is 1. The SMILES string of the molecule is C#CCOCCOCCOCCOCCCC(=O)CCC(=O)Nc1ccc(O[C@@H]2OC(C)[C@@H](C)C(C)[C@@H]2OC(C)=O)c(CO[Si](C)(C)C(C)(C)C)c1. The van der Waals surface area contributed by atoms with Crippen molar-refractivity contribution in [3.8, 4) is 18.1 Å². The van der Waals surface area contributed by atoms with Gasteiger partial charge in [-0.1, -0.05) is 40.5 Å². The van der Waals surface area contributed by atoms with Crippen LogP contribution in [-0.2, 0) is 53.8 Å². The Hall–Kier alpha value is -2.83. The summed E-state index contributed by atoms with van der Waals surface area (Å²) in [6, 6.07) is 5.34. The highest BCUT2D eigenvalue weighted by molar-refractivity contribution is 6.74. The highest BCUT2D eigenvalue weighted by Crippen LogP contribution is 2.39. The Bertz CT molecular complexity index is 1290. The molecule has 0 aromatic heterocycles. The predicted octanol–water partition coefficient (Wildman–Crippen LogP) is 6.30. The van der Waals surface area contributed by atoms with Gasteiger partial charge in [0.25, 0.3) is 0 Å². The molecule has 0 radical (unpaired) electrons. The first-order valence-electron chi connectivity index (χ1n) is 18.4. The quantitative estimate of drug-likeness (QED) is 0.0552. The van der Waals surface area contributed by atoms with Crippen molar-refractivity contribution in [1.29, 1.82) is 0 Å². The number of ketones is 1. The maximum Gasteiger partial charge on any atom is 0.303 e. The Balaban J connectivity index is 1.88. The first-order valence-corrected chi connectivity index (χ1v) is 21.3. The number of hydrogen-bond acceptors (Lipinski definition) is 11. The van der Waals surface area contributed by atoms with Crippen LogP contribution >= 0.6 is 0 Å². The minimum atomic E-state index is -2.14. The van der Waals surface area contributed by atoms with Gasteiger partial charge in [0, 0.05) is 50.0 Å². The Kier molecular flexibility index (Phi) is 20.1. The molecular formula is C39H63NO11Si. The second-order valence-electron chi connectivity index (χ2n) is 14.8. The Labute approximate surface area is 312 Å². The van der Waals surface area contributed by atoms with Crippen molar-refractivity contribution in [2.45, 2.75) is 117 Å². The lowest BCUT2D eigenvalue weighted by atomic mass is 9.84. The van der Waals surface area contributed by atoms with Crippen LogP contribution in [-0.4, -0.2) is 97.3 Å². The van der Waals surface area contributed by atoms with Crippen LogP contribution in [0.25, 0.3) is 0 Å². The fourth-order valence-electron chi connectivity index (χ4n) is 5.09. The normalized spacial score (nSPS) is 20.6. The van der Waals surface area contributed by atoms with Gasteiger partial charge in [0.1, 0.15) is 18.1 Å². The number of Topliss-reactive ketones (excluding diaryl/α,β-unsaturated/α-hetero) is 1. The highest BCUT2D eigenvalue weighted by atomic mass is 28.4. The number of esters is 1. The molecule has 1 aliphatic rings. The number of benzene rings is 1. The van der Waals surface area contributed by atoms with Crippen molar-refractivity contribution < 1.29 is 52.0 Å². The van der Waals surface area contributed by atoms with Crippen LogP contribution in [0.1, 0.15) is 79.7 Å². The van der Waals surface area contributed by atoms with E-state index >= 15 is 0 Å². The molecule has 2 unspecified atom stereocenters. The summed E-state index contributed by atoms with van der Waals surface area (Å²) in [6.07, 6.45) is 4.68. The molecular weight excluding hydrogens is 687 g/mol. The van der Waals surface area contributed by atoms with E-state index in [9.17, 15) is 14.4 Å². The summed E-state index contributed by atoms with van der Waals surface area (Å²) < 4.78 is 46.3. The lowest BCUT2D eigenvalue weighted by Crippen LogP contribution is -2.52. The van der Waals surface area contributed by atoms with Crippen LogP contribution < -0.4 is 10.1 Å². The van der Waals surface area contributed by atoms with Gasteiger partial charge < -0.3 is 42.9 Å². The topological polar surface area (TPSA) is 137 Å². The third-order valence-electron chi connectivity index (χ3n) is 9.67. The molecule has 0 bridgehead atoms. The van der Waals surface area contributed by atoms with Gasteiger partial charge in [0.15, 0.2) is 14.4 Å². The standard InChI is InChI=1S/C39H63NO11Si/c1-11-18-44-20-22-46-24-25-47-23-21-45-19-12-13-34(42)15-17-36(43)40-33-14-16-35(32(26-33)27-48-52(9,10)39(6,7)8)51-38-37(50-31(5)41)29(3)28(2)30(4)49-38/h1,14,16,26,28-30,37-38H,12-13,15,17-25,27H2,2-10H3,(H,40,43)/t28-,29?,30?,37-,38-/m0/s1. The molecule has 1 aromatic carbocycles. The molecule has 294 valence electrons. The number of terminal acetylenes is 1. The van der Waals surface area contributed by atoms with Crippen LogP contribution in [0.3, 0.4) is 0 Å². The van der Waals surface area contributed by atoms with E-state index in [-0.39, 0.29) is 60.7 Å². The van der Waals surface area contributed by atoms with E-state index in [1.165, 1.54) is 6.92 Å². The van der Waals surface area contributed by atoms with Gasteiger partial charge in [0.2, 0.25) is 12.2 Å². The lowest BCUT2D eigenvalue weighted by Gasteiger charge is -2.42. The zero-order chi connectivity index (χ0) is 38.7. The monoisotopic (exact) mass is 749 g/mol. The molecule has 0 spiro atoms. The van der Waals surface area contributed by atoms with Crippen LogP contribution in [0.4, 0.5) is 5.69 Å². The third kappa shape index (κ3) is 16.5. The van der Waals surface area contributed by atoms with E-state index in [4.69, 9.17) is 44.0 Å². The van der Waals surface area contributed by atoms with Crippen LogP contribution in [0.15, 0.2) is 18.2 Å². The zero-order valence-electron chi connectivity index (χ0n) is 32.9. The predicted molar refractivity (Wildman–Crippen MR) is 201 cm³/mol. The number of ether oxygens (including phenoxy) is 7. The van der Waals surface area contributed by atoms with E-state index in [0.29, 0.717) is 70.5 Å². The largest absolute Gasteiger partial charge is 0.460 e. The average molecular weight is 750 g/mol. The smallest absolute Gasteiger partial charge is 0.303 e. The van der Waals surface area contributed by atoms with Gasteiger partial charge in [-0.25, -0.2) is 0 Å². The molecule has 1 aliphatic heterocycles. The summed E-state index contributed by atoms with van der Waals surface area (Å²) in [6.45, 7) is 22.0. The van der Waals surface area contributed by atoms with Crippen molar-refractivity contribution >= 4 is 31.7 Å². The van der Waals surface area contributed by atoms with Crippen molar-refractivity contribution in [3.05, 3.63) is 23.8 Å². The van der Waals surface area contributed by atoms with E-state index < -0.39 is 26.7 Å². The zero-order valence-corrected chi connectivity index (χ0v) is 33.9. The molecule has 1 N–H and O–H groups in total. The minimum absolute atomic E-state index is 0.00169. The van der Waals surface area contributed by atoms with E-state index in [1.807, 2.05) is 19.9 Å². The summed E-state index contributed by atoms with van der Waals surface area (Å²) in [5.41, 5.74) is 1.29. The number of anilines is 1. The molecule has 1 aromatic rings. The molecule has 52 heavy (non-hydrogen) atoms. The molecule has 13 heteroatoms. The number of carbonyl (C=O) groups is 3. The lowest BCUT2D eigenvalue weighted by molar-refractivity contribution is -0.243. The fraction of sp³-hybridized carbons (Fsp3) is 0.718. The number of rotatable bonds is 24. The summed E-state index contributed by atoms with van der Waals surface area (Å²) in [4.78, 5) is 37.3. The van der Waals surface area contributed by atoms with Gasteiger partial charge in [0.05, 0.1) is 52.4 Å². The minimum Gasteiger partial charge on any atom is -0.460 e. The second kappa shape index (κ2) is 23.1. The second-order valence-corrected chi connectivity index (χ2v) is 19.6. The maximum atomic E-state index is 12.9. The fourth-order valence-corrected chi connectivity index (χ4v) is 6.03. The van der Waals surface area contributed by atoms with Gasteiger partial charge in [-0.3, -0.25) is 14.4 Å². The van der Waals surface area contributed by atoms with Crippen LogP contribution in [0.5, 0.6) is 5.75 Å².